The molecule has 1 aliphatic heterocycles. The molecule has 1 fully saturated rings. The van der Waals surface area contributed by atoms with Gasteiger partial charge in [0.1, 0.15) is 0 Å². The van der Waals surface area contributed by atoms with Gasteiger partial charge in [0, 0.05) is 36.1 Å². The van der Waals surface area contributed by atoms with E-state index in [9.17, 15) is 4.79 Å². The van der Waals surface area contributed by atoms with Gasteiger partial charge in [-0.25, -0.2) is 0 Å². The van der Waals surface area contributed by atoms with Crippen LogP contribution in [0.3, 0.4) is 0 Å². The van der Waals surface area contributed by atoms with E-state index >= 15 is 0 Å². The Labute approximate surface area is 133 Å². The first kappa shape index (κ1) is 15.8. The average molecular weight is 327 g/mol. The summed E-state index contributed by atoms with van der Waals surface area (Å²) in [6.45, 7) is 2.60. The topological polar surface area (TPSA) is 69.8 Å². The molecular formula is C14H16Cl2N4O. The summed E-state index contributed by atoms with van der Waals surface area (Å²) >= 11 is 6.16. The second kappa shape index (κ2) is 6.93. The molecule has 0 saturated carbocycles. The number of benzene rings is 1. The van der Waals surface area contributed by atoms with E-state index in [-0.39, 0.29) is 18.3 Å². The molecule has 2 heterocycles. The molecule has 0 spiro atoms. The lowest BCUT2D eigenvalue weighted by Gasteiger charge is -2.27. The van der Waals surface area contributed by atoms with Crippen LogP contribution in [0.2, 0.25) is 5.02 Å². The van der Waals surface area contributed by atoms with E-state index in [1.165, 1.54) is 6.20 Å². The van der Waals surface area contributed by atoms with Gasteiger partial charge in [-0.05, 0) is 6.07 Å². The summed E-state index contributed by atoms with van der Waals surface area (Å²) in [6, 6.07) is 7.39. The van der Waals surface area contributed by atoms with Gasteiger partial charge in [-0.3, -0.25) is 9.89 Å². The molecule has 21 heavy (non-hydrogen) atoms. The number of H-pyrrole nitrogens is 1. The van der Waals surface area contributed by atoms with E-state index in [2.05, 4.69) is 20.8 Å². The number of halogens is 2. The second-order valence-corrected chi connectivity index (χ2v) is 5.28. The van der Waals surface area contributed by atoms with Crippen molar-refractivity contribution in [1.82, 2.24) is 20.8 Å². The van der Waals surface area contributed by atoms with Crippen molar-refractivity contribution in [3.05, 3.63) is 41.0 Å². The second-order valence-electron chi connectivity index (χ2n) is 4.87. The largest absolute Gasteiger partial charge is 0.352 e. The predicted octanol–water partition coefficient (Wildman–Crippen LogP) is 2.10. The van der Waals surface area contributed by atoms with Gasteiger partial charge >= 0.3 is 0 Å². The first-order chi connectivity index (χ1) is 9.75. The van der Waals surface area contributed by atoms with Crippen LogP contribution < -0.4 is 10.6 Å². The highest BCUT2D eigenvalue weighted by atomic mass is 35.5. The maximum Gasteiger partial charge on any atom is 0.255 e. The predicted molar refractivity (Wildman–Crippen MR) is 85.0 cm³/mol. The van der Waals surface area contributed by atoms with Crippen LogP contribution in [0.25, 0.3) is 11.3 Å². The molecule has 0 atom stereocenters. The van der Waals surface area contributed by atoms with E-state index in [4.69, 9.17) is 11.6 Å². The zero-order valence-electron chi connectivity index (χ0n) is 11.2. The molecule has 0 unspecified atom stereocenters. The lowest BCUT2D eigenvalue weighted by molar-refractivity contribution is 0.0943. The van der Waals surface area contributed by atoms with E-state index in [1.54, 1.807) is 6.07 Å². The molecule has 0 bridgehead atoms. The van der Waals surface area contributed by atoms with Crippen molar-refractivity contribution in [2.24, 2.45) is 5.92 Å². The molecule has 3 N–H and O–H groups in total. The molecule has 1 amide bonds. The van der Waals surface area contributed by atoms with E-state index in [0.29, 0.717) is 28.7 Å². The van der Waals surface area contributed by atoms with Crippen LogP contribution in [0.1, 0.15) is 10.4 Å². The third-order valence-electron chi connectivity index (χ3n) is 3.44. The van der Waals surface area contributed by atoms with Gasteiger partial charge in [-0.15, -0.1) is 12.4 Å². The number of nitrogens with one attached hydrogen (secondary N) is 3. The Morgan fingerprint density at radius 1 is 1.38 bits per heavy atom. The Bertz CT molecular complexity index is 625. The first-order valence-electron chi connectivity index (χ1n) is 6.53. The van der Waals surface area contributed by atoms with Crippen molar-refractivity contribution in [2.45, 2.75) is 0 Å². The minimum atomic E-state index is -0.124. The van der Waals surface area contributed by atoms with Gasteiger partial charge in [0.15, 0.2) is 0 Å². The summed E-state index contributed by atoms with van der Waals surface area (Å²) in [5.74, 6) is 0.398. The number of carbonyl (C=O) groups is 1. The van der Waals surface area contributed by atoms with Crippen molar-refractivity contribution in [3.8, 4) is 11.3 Å². The van der Waals surface area contributed by atoms with E-state index in [0.717, 1.165) is 18.7 Å². The number of amides is 1. The number of hydrogen-bond acceptors (Lipinski definition) is 3. The smallest absolute Gasteiger partial charge is 0.255 e. The summed E-state index contributed by atoms with van der Waals surface area (Å²) in [5, 5.41) is 13.5. The van der Waals surface area contributed by atoms with Crippen molar-refractivity contribution < 1.29 is 4.79 Å². The van der Waals surface area contributed by atoms with Crippen molar-refractivity contribution in [3.63, 3.8) is 0 Å². The minimum Gasteiger partial charge on any atom is -0.352 e. The van der Waals surface area contributed by atoms with Crippen LogP contribution in [0.5, 0.6) is 0 Å². The van der Waals surface area contributed by atoms with Gasteiger partial charge in [0.25, 0.3) is 5.91 Å². The van der Waals surface area contributed by atoms with E-state index < -0.39 is 0 Å². The fourth-order valence-corrected chi connectivity index (χ4v) is 2.38. The fourth-order valence-electron chi connectivity index (χ4n) is 2.15. The molecule has 112 valence electrons. The molecule has 5 nitrogen and oxygen atoms in total. The zero-order chi connectivity index (χ0) is 13.9. The molecule has 7 heteroatoms. The van der Waals surface area contributed by atoms with Crippen LogP contribution in [0.4, 0.5) is 0 Å². The van der Waals surface area contributed by atoms with Crippen LogP contribution in [0.15, 0.2) is 30.5 Å². The maximum atomic E-state index is 12.2. The lowest BCUT2D eigenvalue weighted by Crippen LogP contribution is -2.48. The number of aromatic amines is 1. The SMILES string of the molecule is Cl.O=C(NCC1CNC1)c1cn[nH]c1-c1ccccc1Cl. The Morgan fingerprint density at radius 3 is 2.81 bits per heavy atom. The third kappa shape index (κ3) is 3.37. The number of hydrogen-bond donors (Lipinski definition) is 3. The minimum absolute atomic E-state index is 0. The molecule has 1 aromatic heterocycles. The van der Waals surface area contributed by atoms with Gasteiger partial charge in [0.05, 0.1) is 17.5 Å². The quantitative estimate of drug-likeness (QED) is 0.805. The van der Waals surface area contributed by atoms with E-state index in [1.807, 2.05) is 18.2 Å². The number of rotatable bonds is 4. The maximum absolute atomic E-state index is 12.2. The molecule has 3 rings (SSSR count). The molecule has 2 aromatic rings. The molecule has 1 aromatic carbocycles. The fraction of sp³-hybridized carbons (Fsp3) is 0.286. The third-order valence-corrected chi connectivity index (χ3v) is 3.77. The number of carbonyl (C=O) groups excluding carboxylic acids is 1. The highest BCUT2D eigenvalue weighted by molar-refractivity contribution is 6.33. The highest BCUT2D eigenvalue weighted by Crippen LogP contribution is 2.28. The molecule has 0 radical (unpaired) electrons. The van der Waals surface area contributed by atoms with Gasteiger partial charge in [0.2, 0.25) is 0 Å². The monoisotopic (exact) mass is 326 g/mol. The summed E-state index contributed by atoms with van der Waals surface area (Å²) < 4.78 is 0. The Hall–Kier alpha value is -1.56. The molecule has 0 aliphatic carbocycles. The Kier molecular flexibility index (Phi) is 5.22. The van der Waals surface area contributed by atoms with Crippen LogP contribution in [-0.2, 0) is 0 Å². The highest BCUT2D eigenvalue weighted by Gasteiger charge is 2.20. The summed E-state index contributed by atoms with van der Waals surface area (Å²) in [7, 11) is 0. The van der Waals surface area contributed by atoms with Gasteiger partial charge in [-0.2, -0.15) is 5.10 Å². The first-order valence-corrected chi connectivity index (χ1v) is 6.90. The number of aromatic nitrogens is 2. The Balaban J connectivity index is 0.00000161. The summed E-state index contributed by atoms with van der Waals surface area (Å²) in [4.78, 5) is 12.2. The Morgan fingerprint density at radius 2 is 2.14 bits per heavy atom. The van der Waals surface area contributed by atoms with Crippen LogP contribution in [0, 0.1) is 5.92 Å². The van der Waals surface area contributed by atoms with Gasteiger partial charge in [-0.1, -0.05) is 29.8 Å². The molecule has 1 saturated heterocycles. The van der Waals surface area contributed by atoms with Crippen LogP contribution >= 0.6 is 24.0 Å². The van der Waals surface area contributed by atoms with Crippen LogP contribution in [-0.4, -0.2) is 35.7 Å². The lowest BCUT2D eigenvalue weighted by atomic mass is 10.0. The summed E-state index contributed by atoms with van der Waals surface area (Å²) in [6.07, 6.45) is 1.53. The van der Waals surface area contributed by atoms with Crippen molar-refractivity contribution in [1.29, 1.82) is 0 Å². The normalized spacial score (nSPS) is 14.1. The zero-order valence-corrected chi connectivity index (χ0v) is 12.8. The average Bonchev–Trinajstić information content (AvgIpc) is 2.86. The molecule has 1 aliphatic rings. The standard InChI is InChI=1S/C14H15ClN4O.ClH/c15-12-4-2-1-3-10(12)13-11(8-18-19-13)14(20)17-7-9-5-16-6-9;/h1-4,8-9,16H,5-7H2,(H,17,20)(H,18,19);1H. The van der Waals surface area contributed by atoms with Crippen molar-refractivity contribution in [2.75, 3.05) is 19.6 Å². The summed E-state index contributed by atoms with van der Waals surface area (Å²) in [5.41, 5.74) is 1.95. The van der Waals surface area contributed by atoms with Gasteiger partial charge < -0.3 is 10.6 Å². The number of nitrogens with zero attached hydrogens (tertiary/aromatic N) is 1. The van der Waals surface area contributed by atoms with Crippen molar-refractivity contribution >= 4 is 29.9 Å². The molecular weight excluding hydrogens is 311 g/mol.